The molecule has 9 heteroatoms. The van der Waals surface area contributed by atoms with E-state index in [0.29, 0.717) is 5.92 Å². The molecule has 2 rings (SSSR count). The summed E-state index contributed by atoms with van der Waals surface area (Å²) in [6.45, 7) is 3.59. The lowest BCUT2D eigenvalue weighted by atomic mass is 9.86. The lowest BCUT2D eigenvalue weighted by molar-refractivity contribution is -0.130. The van der Waals surface area contributed by atoms with Crippen molar-refractivity contribution in [3.05, 3.63) is 23.8 Å². The van der Waals surface area contributed by atoms with Crippen LogP contribution >= 0.6 is 0 Å². The first-order valence-electron chi connectivity index (χ1n) is 9.32. The van der Waals surface area contributed by atoms with Crippen LogP contribution in [-0.4, -0.2) is 46.6 Å². The number of amides is 1. The van der Waals surface area contributed by atoms with E-state index in [1.807, 2.05) is 0 Å². The fraction of sp³-hybridized carbons (Fsp3) is 0.579. The summed E-state index contributed by atoms with van der Waals surface area (Å²) in [7, 11) is -1.23. The van der Waals surface area contributed by atoms with Crippen LogP contribution in [0.4, 0.5) is 0 Å². The van der Waals surface area contributed by atoms with Crippen molar-refractivity contribution >= 4 is 21.9 Å². The number of methoxy groups -OCH3 is 1. The number of hydrogen-bond donors (Lipinski definition) is 2. The molecule has 8 nitrogen and oxygen atoms in total. The Labute approximate surface area is 166 Å². The van der Waals surface area contributed by atoms with Gasteiger partial charge in [0.1, 0.15) is 10.6 Å². The second-order valence-electron chi connectivity index (χ2n) is 7.00. The van der Waals surface area contributed by atoms with Crippen LogP contribution in [0.3, 0.4) is 0 Å². The SMILES string of the molecule is CNS(=O)(=O)c1cc(C(=O)O[C@H](C)C(=O)N[C@H]2CCCC[C@@H]2C)ccc1OC. The van der Waals surface area contributed by atoms with Crippen molar-refractivity contribution in [1.82, 2.24) is 10.0 Å². The highest BCUT2D eigenvalue weighted by molar-refractivity contribution is 7.89. The maximum Gasteiger partial charge on any atom is 0.338 e. The van der Waals surface area contributed by atoms with Gasteiger partial charge >= 0.3 is 5.97 Å². The molecule has 0 spiro atoms. The van der Waals surface area contributed by atoms with Crippen molar-refractivity contribution in [2.24, 2.45) is 5.92 Å². The molecule has 3 atom stereocenters. The zero-order chi connectivity index (χ0) is 20.9. The van der Waals surface area contributed by atoms with Crippen LogP contribution in [0.1, 0.15) is 49.9 Å². The topological polar surface area (TPSA) is 111 Å². The zero-order valence-electron chi connectivity index (χ0n) is 16.7. The zero-order valence-corrected chi connectivity index (χ0v) is 17.5. The van der Waals surface area contributed by atoms with E-state index >= 15 is 0 Å². The molecule has 28 heavy (non-hydrogen) atoms. The molecule has 0 aliphatic heterocycles. The van der Waals surface area contributed by atoms with Crippen molar-refractivity contribution in [3.63, 3.8) is 0 Å². The number of rotatable bonds is 7. The van der Waals surface area contributed by atoms with Gasteiger partial charge in [0, 0.05) is 6.04 Å². The number of carbonyl (C=O) groups is 2. The van der Waals surface area contributed by atoms with E-state index in [-0.39, 0.29) is 28.2 Å². The van der Waals surface area contributed by atoms with Gasteiger partial charge in [0.25, 0.3) is 5.91 Å². The van der Waals surface area contributed by atoms with Gasteiger partial charge in [-0.25, -0.2) is 17.9 Å². The van der Waals surface area contributed by atoms with Gasteiger partial charge in [-0.1, -0.05) is 19.8 Å². The standard InChI is InChI=1S/C19H28N2O6S/c1-12-7-5-6-8-15(12)21-18(22)13(2)27-19(23)14-9-10-16(26-4)17(11-14)28(24,25)20-3/h9-13,15,20H,5-8H2,1-4H3,(H,21,22)/t12-,13+,15-/m0/s1. The highest BCUT2D eigenvalue weighted by Crippen LogP contribution is 2.26. The molecule has 0 aromatic heterocycles. The van der Waals surface area contributed by atoms with Crippen LogP contribution in [-0.2, 0) is 19.6 Å². The van der Waals surface area contributed by atoms with E-state index in [9.17, 15) is 18.0 Å². The first-order valence-corrected chi connectivity index (χ1v) is 10.8. The molecular weight excluding hydrogens is 384 g/mol. The molecule has 1 aliphatic rings. The molecule has 0 saturated heterocycles. The molecule has 0 radical (unpaired) electrons. The average Bonchev–Trinajstić information content (AvgIpc) is 2.68. The Bertz CT molecular complexity index is 824. The van der Waals surface area contributed by atoms with Gasteiger partial charge in [0.2, 0.25) is 10.0 Å². The van der Waals surface area contributed by atoms with Gasteiger partial charge in [0.15, 0.2) is 6.10 Å². The quantitative estimate of drug-likeness (QED) is 0.661. The minimum Gasteiger partial charge on any atom is -0.495 e. The summed E-state index contributed by atoms with van der Waals surface area (Å²) in [5.74, 6) is -0.655. The van der Waals surface area contributed by atoms with Gasteiger partial charge in [-0.3, -0.25) is 4.79 Å². The first kappa shape index (κ1) is 22.2. The van der Waals surface area contributed by atoms with Crippen molar-refractivity contribution in [2.45, 2.75) is 56.6 Å². The largest absolute Gasteiger partial charge is 0.495 e. The number of nitrogens with one attached hydrogen (secondary N) is 2. The van der Waals surface area contributed by atoms with Crippen LogP contribution in [0.5, 0.6) is 5.75 Å². The molecule has 0 unspecified atom stereocenters. The van der Waals surface area contributed by atoms with Gasteiger partial charge in [-0.05, 0) is 50.9 Å². The number of ether oxygens (including phenoxy) is 2. The van der Waals surface area contributed by atoms with E-state index in [4.69, 9.17) is 9.47 Å². The minimum atomic E-state index is -3.83. The van der Waals surface area contributed by atoms with Crippen LogP contribution < -0.4 is 14.8 Å². The highest BCUT2D eigenvalue weighted by atomic mass is 32.2. The summed E-state index contributed by atoms with van der Waals surface area (Å²) in [5.41, 5.74) is 0.0142. The molecule has 1 saturated carbocycles. The fourth-order valence-corrected chi connectivity index (χ4v) is 4.15. The lowest BCUT2D eigenvalue weighted by Crippen LogP contribution is -2.46. The Morgan fingerprint density at radius 3 is 2.50 bits per heavy atom. The highest BCUT2D eigenvalue weighted by Gasteiger charge is 2.27. The number of carbonyl (C=O) groups excluding carboxylic acids is 2. The molecule has 1 aromatic carbocycles. The van der Waals surface area contributed by atoms with Crippen LogP contribution in [0, 0.1) is 5.92 Å². The van der Waals surface area contributed by atoms with Crippen molar-refractivity contribution in [1.29, 1.82) is 0 Å². The van der Waals surface area contributed by atoms with E-state index in [0.717, 1.165) is 25.7 Å². The fourth-order valence-electron chi connectivity index (χ4n) is 3.24. The molecule has 0 heterocycles. The average molecular weight is 413 g/mol. The van der Waals surface area contributed by atoms with Crippen LogP contribution in [0.25, 0.3) is 0 Å². The Kier molecular flexibility index (Phi) is 7.42. The summed E-state index contributed by atoms with van der Waals surface area (Å²) < 4.78 is 36.7. The third-order valence-corrected chi connectivity index (χ3v) is 6.49. The number of benzene rings is 1. The lowest BCUT2D eigenvalue weighted by Gasteiger charge is -2.30. The summed E-state index contributed by atoms with van der Waals surface area (Å²) >= 11 is 0. The van der Waals surface area contributed by atoms with Gasteiger partial charge in [0.05, 0.1) is 12.7 Å². The molecule has 1 fully saturated rings. The van der Waals surface area contributed by atoms with Gasteiger partial charge in [-0.2, -0.15) is 0 Å². The predicted octanol–water partition coefficient (Wildman–Crippen LogP) is 1.84. The Morgan fingerprint density at radius 2 is 1.89 bits per heavy atom. The Balaban J connectivity index is 2.09. The second kappa shape index (κ2) is 9.38. The predicted molar refractivity (Wildman–Crippen MR) is 104 cm³/mol. The third-order valence-electron chi connectivity index (χ3n) is 5.05. The van der Waals surface area contributed by atoms with E-state index in [1.54, 1.807) is 0 Å². The van der Waals surface area contributed by atoms with Gasteiger partial charge < -0.3 is 14.8 Å². The Hall–Kier alpha value is -2.13. The van der Waals surface area contributed by atoms with Crippen LogP contribution in [0.15, 0.2) is 23.1 Å². The summed E-state index contributed by atoms with van der Waals surface area (Å²) in [4.78, 5) is 24.6. The number of esters is 1. The maximum absolute atomic E-state index is 12.4. The maximum atomic E-state index is 12.4. The van der Waals surface area contributed by atoms with E-state index in [2.05, 4.69) is 17.0 Å². The minimum absolute atomic E-state index is 0.0142. The normalized spacial score (nSPS) is 20.9. The molecule has 1 amide bonds. The Morgan fingerprint density at radius 1 is 1.21 bits per heavy atom. The molecule has 156 valence electrons. The van der Waals surface area contributed by atoms with Crippen molar-refractivity contribution in [3.8, 4) is 5.75 Å². The summed E-state index contributed by atoms with van der Waals surface area (Å²) in [5, 5.41) is 2.95. The van der Waals surface area contributed by atoms with Crippen LogP contribution in [0.2, 0.25) is 0 Å². The second-order valence-corrected chi connectivity index (χ2v) is 8.85. The van der Waals surface area contributed by atoms with E-state index < -0.39 is 22.1 Å². The summed E-state index contributed by atoms with van der Waals surface area (Å²) in [6, 6.07) is 4.01. The summed E-state index contributed by atoms with van der Waals surface area (Å²) in [6.07, 6.45) is 3.21. The molecule has 1 aromatic rings. The first-order chi connectivity index (χ1) is 13.2. The third kappa shape index (κ3) is 5.23. The van der Waals surface area contributed by atoms with E-state index in [1.165, 1.54) is 39.3 Å². The monoisotopic (exact) mass is 412 g/mol. The van der Waals surface area contributed by atoms with Gasteiger partial charge in [-0.15, -0.1) is 0 Å². The number of sulfonamides is 1. The molecule has 1 aliphatic carbocycles. The smallest absolute Gasteiger partial charge is 0.338 e. The van der Waals surface area contributed by atoms with Crippen molar-refractivity contribution in [2.75, 3.05) is 14.2 Å². The molecule has 0 bridgehead atoms. The molecule has 2 N–H and O–H groups in total. The molecular formula is C19H28N2O6S. The number of hydrogen-bond acceptors (Lipinski definition) is 6. The van der Waals surface area contributed by atoms with Crippen molar-refractivity contribution < 1.29 is 27.5 Å².